The van der Waals surface area contributed by atoms with Gasteiger partial charge in [-0.2, -0.15) is 5.10 Å². The molecule has 0 bridgehead atoms. The summed E-state index contributed by atoms with van der Waals surface area (Å²) < 4.78 is 15.3. The van der Waals surface area contributed by atoms with Crippen LogP contribution < -0.4 is 10.6 Å². The van der Waals surface area contributed by atoms with Crippen molar-refractivity contribution in [3.05, 3.63) is 47.5 Å². The third-order valence-electron chi connectivity index (χ3n) is 3.73. The molecule has 22 heavy (non-hydrogen) atoms. The van der Waals surface area contributed by atoms with Crippen molar-refractivity contribution in [2.45, 2.75) is 19.4 Å². The van der Waals surface area contributed by atoms with Crippen LogP contribution in [0.5, 0.6) is 0 Å². The van der Waals surface area contributed by atoms with Crippen molar-refractivity contribution in [2.24, 2.45) is 0 Å². The van der Waals surface area contributed by atoms with Crippen molar-refractivity contribution in [1.82, 2.24) is 20.4 Å². The van der Waals surface area contributed by atoms with Crippen molar-refractivity contribution in [2.75, 3.05) is 13.1 Å². The predicted octanol–water partition coefficient (Wildman–Crippen LogP) is 1.83. The van der Waals surface area contributed by atoms with Gasteiger partial charge < -0.3 is 10.6 Å². The second kappa shape index (κ2) is 6.89. The summed E-state index contributed by atoms with van der Waals surface area (Å²) in [7, 11) is 0. The average molecular weight is 325 g/mol. The Bertz CT molecular complexity index is 667. The van der Waals surface area contributed by atoms with E-state index in [0.29, 0.717) is 16.9 Å². The Morgan fingerprint density at radius 3 is 2.91 bits per heavy atom. The molecule has 0 saturated carbocycles. The van der Waals surface area contributed by atoms with E-state index < -0.39 is 0 Å². The van der Waals surface area contributed by atoms with Crippen molar-refractivity contribution in [3.8, 4) is 5.69 Å². The molecule has 1 amide bonds. The quantitative estimate of drug-likeness (QED) is 0.905. The normalized spacial score (nSPS) is 17.1. The minimum Gasteiger partial charge on any atom is -0.348 e. The minimum atomic E-state index is -0.365. The molecule has 2 aromatic rings. The van der Waals surface area contributed by atoms with Gasteiger partial charge in [-0.15, -0.1) is 12.4 Å². The first kappa shape index (κ1) is 16.5. The summed E-state index contributed by atoms with van der Waals surface area (Å²) in [4.78, 5) is 12.3. The molecule has 3 rings (SSSR count). The maximum absolute atomic E-state index is 13.8. The van der Waals surface area contributed by atoms with Gasteiger partial charge >= 0.3 is 0 Å². The fourth-order valence-electron chi connectivity index (χ4n) is 2.54. The first-order chi connectivity index (χ1) is 10.2. The molecule has 1 saturated heterocycles. The van der Waals surface area contributed by atoms with Gasteiger partial charge in [-0.3, -0.25) is 4.79 Å². The topological polar surface area (TPSA) is 59.0 Å². The highest BCUT2D eigenvalue weighted by Gasteiger charge is 2.21. The van der Waals surface area contributed by atoms with Crippen LogP contribution in [0, 0.1) is 12.7 Å². The number of para-hydroxylation sites is 1. The summed E-state index contributed by atoms with van der Waals surface area (Å²) in [5, 5.41) is 10.3. The lowest BCUT2D eigenvalue weighted by Gasteiger charge is -2.11. The first-order valence-corrected chi connectivity index (χ1v) is 6.98. The molecule has 1 aromatic carbocycles. The van der Waals surface area contributed by atoms with Gasteiger partial charge in [0.15, 0.2) is 0 Å². The summed E-state index contributed by atoms with van der Waals surface area (Å²) in [5.41, 5.74) is 1.45. The Balaban J connectivity index is 0.00000176. The molecule has 118 valence electrons. The largest absolute Gasteiger partial charge is 0.348 e. The maximum Gasteiger partial charge on any atom is 0.255 e. The van der Waals surface area contributed by atoms with Crippen LogP contribution in [0.25, 0.3) is 5.69 Å². The van der Waals surface area contributed by atoms with E-state index in [-0.39, 0.29) is 30.2 Å². The maximum atomic E-state index is 13.8. The highest BCUT2D eigenvalue weighted by Crippen LogP contribution is 2.17. The van der Waals surface area contributed by atoms with Gasteiger partial charge in [0.05, 0.1) is 17.5 Å². The zero-order valence-electron chi connectivity index (χ0n) is 12.2. The molecule has 7 heteroatoms. The Morgan fingerprint density at radius 1 is 1.45 bits per heavy atom. The molecular formula is C15H18ClFN4O. The molecule has 1 atom stereocenters. The van der Waals surface area contributed by atoms with E-state index in [2.05, 4.69) is 15.7 Å². The van der Waals surface area contributed by atoms with Gasteiger partial charge in [0.1, 0.15) is 11.5 Å². The van der Waals surface area contributed by atoms with Crippen LogP contribution in [0.15, 0.2) is 30.5 Å². The smallest absolute Gasteiger partial charge is 0.255 e. The molecule has 1 unspecified atom stereocenters. The Morgan fingerprint density at radius 2 is 2.23 bits per heavy atom. The highest BCUT2D eigenvalue weighted by molar-refractivity contribution is 5.95. The number of hydrogen-bond acceptors (Lipinski definition) is 3. The fraction of sp³-hybridized carbons (Fsp3) is 0.333. The fourth-order valence-corrected chi connectivity index (χ4v) is 2.54. The summed E-state index contributed by atoms with van der Waals surface area (Å²) in [6.45, 7) is 3.46. The number of amides is 1. The Kier molecular flexibility index (Phi) is 5.15. The molecule has 5 nitrogen and oxygen atoms in total. The van der Waals surface area contributed by atoms with Crippen molar-refractivity contribution < 1.29 is 9.18 Å². The van der Waals surface area contributed by atoms with Crippen molar-refractivity contribution >= 4 is 18.3 Å². The van der Waals surface area contributed by atoms with E-state index in [4.69, 9.17) is 0 Å². The standard InChI is InChI=1S/C15H17FN4O.ClH/c1-10-12(15(21)19-11-6-7-17-8-11)9-18-20(10)14-5-3-2-4-13(14)16;/h2-5,9,11,17H,6-8H2,1H3,(H,19,21);1H. The zero-order chi connectivity index (χ0) is 14.8. The van der Waals surface area contributed by atoms with Crippen LogP contribution in [0.4, 0.5) is 4.39 Å². The molecule has 0 spiro atoms. The van der Waals surface area contributed by atoms with Crippen LogP contribution in [-0.4, -0.2) is 34.8 Å². The highest BCUT2D eigenvalue weighted by atomic mass is 35.5. The molecule has 2 N–H and O–H groups in total. The number of halogens is 2. The lowest BCUT2D eigenvalue weighted by Crippen LogP contribution is -2.36. The Labute approximate surface area is 134 Å². The number of nitrogens with one attached hydrogen (secondary N) is 2. The monoisotopic (exact) mass is 324 g/mol. The van der Waals surface area contributed by atoms with E-state index >= 15 is 0 Å². The SMILES string of the molecule is Cc1c(C(=O)NC2CCNC2)cnn1-c1ccccc1F.Cl. The van der Waals surface area contributed by atoms with Gasteiger partial charge in [0, 0.05) is 12.6 Å². The third kappa shape index (κ3) is 3.13. The van der Waals surface area contributed by atoms with Gasteiger partial charge in [0.25, 0.3) is 5.91 Å². The number of carbonyl (C=O) groups excluding carboxylic acids is 1. The number of benzene rings is 1. The molecular weight excluding hydrogens is 307 g/mol. The van der Waals surface area contributed by atoms with Crippen LogP contribution in [-0.2, 0) is 0 Å². The van der Waals surface area contributed by atoms with E-state index in [1.54, 1.807) is 25.1 Å². The van der Waals surface area contributed by atoms with Gasteiger partial charge in [-0.1, -0.05) is 12.1 Å². The lowest BCUT2D eigenvalue weighted by atomic mass is 10.2. The van der Waals surface area contributed by atoms with Gasteiger partial charge in [0.2, 0.25) is 0 Å². The van der Waals surface area contributed by atoms with Crippen LogP contribution >= 0.6 is 12.4 Å². The molecule has 0 radical (unpaired) electrons. The number of rotatable bonds is 3. The summed E-state index contributed by atoms with van der Waals surface area (Å²) in [6.07, 6.45) is 2.41. The molecule has 1 aliphatic heterocycles. The van der Waals surface area contributed by atoms with Gasteiger partial charge in [-0.05, 0) is 32.0 Å². The summed E-state index contributed by atoms with van der Waals surface area (Å²) in [5.74, 6) is -0.528. The number of hydrogen-bond donors (Lipinski definition) is 2. The molecule has 2 heterocycles. The van der Waals surface area contributed by atoms with E-state index in [1.807, 2.05) is 0 Å². The van der Waals surface area contributed by atoms with E-state index in [0.717, 1.165) is 19.5 Å². The van der Waals surface area contributed by atoms with Crippen LogP contribution in [0.2, 0.25) is 0 Å². The van der Waals surface area contributed by atoms with E-state index in [9.17, 15) is 9.18 Å². The number of aromatic nitrogens is 2. The lowest BCUT2D eigenvalue weighted by molar-refractivity contribution is 0.0939. The van der Waals surface area contributed by atoms with Crippen molar-refractivity contribution in [3.63, 3.8) is 0 Å². The zero-order valence-corrected chi connectivity index (χ0v) is 13.0. The summed E-state index contributed by atoms with van der Waals surface area (Å²) in [6, 6.07) is 6.52. The van der Waals surface area contributed by atoms with Crippen LogP contribution in [0.3, 0.4) is 0 Å². The Hall–Kier alpha value is -1.92. The van der Waals surface area contributed by atoms with Crippen molar-refractivity contribution in [1.29, 1.82) is 0 Å². The third-order valence-corrected chi connectivity index (χ3v) is 3.73. The van der Waals surface area contributed by atoms with Gasteiger partial charge in [-0.25, -0.2) is 9.07 Å². The number of carbonyl (C=O) groups is 1. The average Bonchev–Trinajstić information content (AvgIpc) is 3.09. The minimum absolute atomic E-state index is 0. The molecule has 1 aliphatic rings. The van der Waals surface area contributed by atoms with E-state index in [1.165, 1.54) is 16.9 Å². The predicted molar refractivity (Wildman–Crippen MR) is 84.2 cm³/mol. The summed E-state index contributed by atoms with van der Waals surface area (Å²) >= 11 is 0. The molecule has 1 fully saturated rings. The number of nitrogens with zero attached hydrogens (tertiary/aromatic N) is 2. The molecule has 1 aromatic heterocycles. The molecule has 0 aliphatic carbocycles. The second-order valence-corrected chi connectivity index (χ2v) is 5.17. The first-order valence-electron chi connectivity index (χ1n) is 6.98. The second-order valence-electron chi connectivity index (χ2n) is 5.17. The van der Waals surface area contributed by atoms with Crippen LogP contribution in [0.1, 0.15) is 22.5 Å².